The van der Waals surface area contributed by atoms with Gasteiger partial charge in [0.1, 0.15) is 5.83 Å². The minimum absolute atomic E-state index is 0.381. The van der Waals surface area contributed by atoms with Crippen molar-refractivity contribution in [3.05, 3.63) is 24.0 Å². The molecule has 0 unspecified atom stereocenters. The Morgan fingerprint density at radius 3 is 1.78 bits per heavy atom. The quantitative estimate of drug-likeness (QED) is 0.609. The molecule has 5 heteroatoms. The number of rotatable bonds is 2. The maximum absolute atomic E-state index is 13.3. The van der Waals surface area contributed by atoms with Crippen LogP contribution >= 0.6 is 0 Å². The lowest BCUT2D eigenvalue weighted by molar-refractivity contribution is 0.00578. The molecular weight excluding hydrogens is 232 g/mol. The van der Waals surface area contributed by atoms with Crippen LogP contribution < -0.4 is 5.32 Å². The third kappa shape index (κ3) is 3.94. The van der Waals surface area contributed by atoms with E-state index in [4.69, 9.17) is 9.31 Å². The van der Waals surface area contributed by atoms with Gasteiger partial charge in [-0.2, -0.15) is 0 Å². The van der Waals surface area contributed by atoms with Gasteiger partial charge in [0.2, 0.25) is 0 Å². The van der Waals surface area contributed by atoms with Crippen LogP contribution in [-0.4, -0.2) is 32.4 Å². The minimum atomic E-state index is -0.618. The number of allylic oxidation sites excluding steroid dienone is 3. The number of nitrogens with one attached hydrogen (secondary N) is 1. The molecule has 0 spiro atoms. The molecule has 3 nitrogen and oxygen atoms in total. The highest BCUT2D eigenvalue weighted by Crippen LogP contribution is 2.38. The Hall–Kier alpha value is -0.645. The lowest BCUT2D eigenvalue weighted by atomic mass is 9.79. The van der Waals surface area contributed by atoms with Crippen molar-refractivity contribution in [2.24, 2.45) is 0 Å². The third-order valence-electron chi connectivity index (χ3n) is 3.16. The Balaban J connectivity index is 0.000000873. The number of halogens is 1. The van der Waals surface area contributed by atoms with Crippen molar-refractivity contribution >= 4 is 7.12 Å². The maximum Gasteiger partial charge on any atom is 0.493 e. The topological polar surface area (TPSA) is 30.5 Å². The normalized spacial score (nSPS) is 21.9. The molecule has 1 N–H and O–H groups in total. The summed E-state index contributed by atoms with van der Waals surface area (Å²) in [5.74, 6) is -0.381. The average molecular weight is 257 g/mol. The zero-order valence-electron chi connectivity index (χ0n) is 12.6. The van der Waals surface area contributed by atoms with Crippen LogP contribution in [0.5, 0.6) is 0 Å². The highest BCUT2D eigenvalue weighted by Gasteiger charge is 2.52. The monoisotopic (exact) mass is 257 g/mol. The molecule has 1 aliphatic rings. The molecule has 1 heterocycles. The van der Waals surface area contributed by atoms with E-state index in [1.807, 2.05) is 41.8 Å². The molecule has 1 aliphatic heterocycles. The Bertz CT molecular complexity index is 311. The van der Waals surface area contributed by atoms with Crippen molar-refractivity contribution in [1.29, 1.82) is 0 Å². The van der Waals surface area contributed by atoms with Gasteiger partial charge in [-0.1, -0.05) is 6.58 Å². The molecule has 0 bridgehead atoms. The van der Waals surface area contributed by atoms with E-state index >= 15 is 0 Å². The van der Waals surface area contributed by atoms with E-state index in [1.165, 1.54) is 6.08 Å². The second-order valence-electron chi connectivity index (χ2n) is 5.32. The molecule has 0 aliphatic carbocycles. The van der Waals surface area contributed by atoms with Crippen LogP contribution in [0.1, 0.15) is 34.6 Å². The largest absolute Gasteiger partial charge is 0.493 e. The summed E-state index contributed by atoms with van der Waals surface area (Å²) in [4.78, 5) is 0. The summed E-state index contributed by atoms with van der Waals surface area (Å²) in [5, 5.41) is 2.75. The highest BCUT2D eigenvalue weighted by molar-refractivity contribution is 6.54. The van der Waals surface area contributed by atoms with Gasteiger partial charge in [0.15, 0.2) is 0 Å². The van der Waals surface area contributed by atoms with Crippen molar-refractivity contribution in [1.82, 2.24) is 5.32 Å². The summed E-state index contributed by atoms with van der Waals surface area (Å²) in [6.07, 6.45) is 1.17. The summed E-state index contributed by atoms with van der Waals surface area (Å²) >= 11 is 0. The SMILES string of the molecule is C=C/C(F)=C(\C)B1OC(C)(C)C(C)(C)O1.CNC. The molecule has 0 aromatic carbocycles. The first-order valence-electron chi connectivity index (χ1n) is 6.05. The van der Waals surface area contributed by atoms with E-state index in [1.54, 1.807) is 6.92 Å². The lowest BCUT2D eigenvalue weighted by Gasteiger charge is -2.32. The first-order chi connectivity index (χ1) is 8.12. The zero-order chi connectivity index (χ0) is 14.6. The number of hydrogen-bond donors (Lipinski definition) is 1. The van der Waals surface area contributed by atoms with E-state index in [9.17, 15) is 4.39 Å². The fourth-order valence-corrected chi connectivity index (χ4v) is 1.29. The van der Waals surface area contributed by atoms with Crippen LogP contribution in [0.2, 0.25) is 0 Å². The van der Waals surface area contributed by atoms with Gasteiger partial charge in [0.05, 0.1) is 11.2 Å². The lowest BCUT2D eigenvalue weighted by Crippen LogP contribution is -2.41. The van der Waals surface area contributed by atoms with Crippen LogP contribution in [0.15, 0.2) is 24.0 Å². The molecule has 18 heavy (non-hydrogen) atoms. The van der Waals surface area contributed by atoms with E-state index in [0.29, 0.717) is 5.47 Å². The molecule has 1 fully saturated rings. The zero-order valence-corrected chi connectivity index (χ0v) is 12.6. The summed E-state index contributed by atoms with van der Waals surface area (Å²) in [5.41, 5.74) is -0.426. The fraction of sp³-hybridized carbons (Fsp3) is 0.692. The Morgan fingerprint density at radius 2 is 1.50 bits per heavy atom. The molecule has 0 saturated carbocycles. The molecule has 104 valence electrons. The Morgan fingerprint density at radius 1 is 1.17 bits per heavy atom. The van der Waals surface area contributed by atoms with Gasteiger partial charge in [-0.15, -0.1) is 0 Å². The van der Waals surface area contributed by atoms with Crippen LogP contribution in [0.25, 0.3) is 0 Å². The minimum Gasteiger partial charge on any atom is -0.399 e. The van der Waals surface area contributed by atoms with Gasteiger partial charge in [-0.3, -0.25) is 0 Å². The third-order valence-corrected chi connectivity index (χ3v) is 3.16. The standard InChI is InChI=1S/C11H18BFO2.C2H7N/c1-7-9(13)8(2)12-14-10(3,4)11(5,6)15-12;1-3-2/h7H,1H2,2-6H3;3H,1-2H3/b9-8-;. The van der Waals surface area contributed by atoms with Gasteiger partial charge in [-0.25, -0.2) is 4.39 Å². The highest BCUT2D eigenvalue weighted by atomic mass is 19.1. The van der Waals surface area contributed by atoms with Crippen molar-refractivity contribution in [2.45, 2.75) is 45.8 Å². The number of hydrogen-bond acceptors (Lipinski definition) is 3. The Kier molecular flexibility index (Phi) is 6.27. The molecular formula is C13H25BFNO2. The van der Waals surface area contributed by atoms with Crippen molar-refractivity contribution in [3.8, 4) is 0 Å². The summed E-state index contributed by atoms with van der Waals surface area (Å²) in [7, 11) is 3.13. The second kappa shape index (κ2) is 6.50. The smallest absolute Gasteiger partial charge is 0.399 e. The van der Waals surface area contributed by atoms with Crippen LogP contribution in [-0.2, 0) is 9.31 Å². The predicted octanol–water partition coefficient (Wildman–Crippen LogP) is 2.88. The van der Waals surface area contributed by atoms with Crippen molar-refractivity contribution in [2.75, 3.05) is 14.1 Å². The van der Waals surface area contributed by atoms with Crippen LogP contribution in [0, 0.1) is 0 Å². The maximum atomic E-state index is 13.3. The van der Waals surface area contributed by atoms with E-state index in [2.05, 4.69) is 11.9 Å². The molecule has 1 rings (SSSR count). The summed E-state index contributed by atoms with van der Waals surface area (Å²) < 4.78 is 24.6. The predicted molar refractivity (Wildman–Crippen MR) is 75.1 cm³/mol. The van der Waals surface area contributed by atoms with Gasteiger partial charge in [0.25, 0.3) is 0 Å². The first-order valence-corrected chi connectivity index (χ1v) is 6.05. The van der Waals surface area contributed by atoms with Gasteiger partial charge in [0, 0.05) is 0 Å². The second-order valence-corrected chi connectivity index (χ2v) is 5.32. The summed E-state index contributed by atoms with van der Waals surface area (Å²) in [6, 6.07) is 0. The van der Waals surface area contributed by atoms with E-state index in [0.717, 1.165) is 0 Å². The van der Waals surface area contributed by atoms with Crippen LogP contribution in [0.4, 0.5) is 4.39 Å². The summed E-state index contributed by atoms with van der Waals surface area (Å²) in [6.45, 7) is 12.8. The molecule has 0 aromatic heterocycles. The van der Waals surface area contributed by atoms with E-state index in [-0.39, 0.29) is 5.83 Å². The van der Waals surface area contributed by atoms with Gasteiger partial charge in [-0.05, 0) is 60.3 Å². The molecule has 0 aromatic rings. The van der Waals surface area contributed by atoms with Gasteiger partial charge >= 0.3 is 7.12 Å². The fourth-order valence-electron chi connectivity index (χ4n) is 1.29. The Labute approximate surface area is 111 Å². The van der Waals surface area contributed by atoms with Crippen molar-refractivity contribution < 1.29 is 13.7 Å². The van der Waals surface area contributed by atoms with Crippen LogP contribution in [0.3, 0.4) is 0 Å². The van der Waals surface area contributed by atoms with Crippen molar-refractivity contribution in [3.63, 3.8) is 0 Å². The van der Waals surface area contributed by atoms with E-state index < -0.39 is 18.3 Å². The average Bonchev–Trinajstić information content (AvgIpc) is 2.47. The first kappa shape index (κ1) is 17.4. The molecule has 1 saturated heterocycles. The molecule has 0 amide bonds. The molecule has 0 atom stereocenters. The van der Waals surface area contributed by atoms with Gasteiger partial charge < -0.3 is 14.6 Å². The molecule has 0 radical (unpaired) electrons.